The van der Waals surface area contributed by atoms with Crippen molar-refractivity contribution in [2.75, 3.05) is 24.2 Å². The number of aryl methyl sites for hydroxylation is 3. The third kappa shape index (κ3) is 6.64. The lowest BCUT2D eigenvalue weighted by atomic mass is 10.0. The maximum atomic E-state index is 11.3. The van der Waals surface area contributed by atoms with Gasteiger partial charge >= 0.3 is 0 Å². The Labute approximate surface area is 239 Å². The molecule has 3 N–H and O–H groups in total. The van der Waals surface area contributed by atoms with Gasteiger partial charge in [-0.05, 0) is 91.5 Å². The lowest BCUT2D eigenvalue weighted by Crippen LogP contribution is -2.39. The van der Waals surface area contributed by atoms with E-state index in [2.05, 4.69) is 10.2 Å². The predicted molar refractivity (Wildman–Crippen MR) is 159 cm³/mol. The van der Waals surface area contributed by atoms with Crippen LogP contribution in [-0.4, -0.2) is 45.7 Å². The quantitative estimate of drug-likeness (QED) is 0.356. The number of nitrogens with one attached hydrogen (secondary N) is 1. The Morgan fingerprint density at radius 2 is 1.93 bits per heavy atom. The first-order valence-corrected chi connectivity index (χ1v) is 14.8. The topological polar surface area (TPSA) is 117 Å². The minimum Gasteiger partial charge on any atom is -0.438 e. The summed E-state index contributed by atoms with van der Waals surface area (Å²) in [5, 5.41) is 12.5. The molecule has 2 aromatic carbocycles. The molecule has 2 aliphatic rings. The number of carbonyl (C=O) groups excluding carboxylic acids is 1. The van der Waals surface area contributed by atoms with E-state index in [0.29, 0.717) is 17.4 Å². The van der Waals surface area contributed by atoms with Gasteiger partial charge in [0, 0.05) is 48.6 Å². The second kappa shape index (κ2) is 12.5. The Morgan fingerprint density at radius 1 is 1.20 bits per heavy atom. The molecule has 40 heavy (non-hydrogen) atoms. The number of thioether (sulfide) groups is 1. The van der Waals surface area contributed by atoms with E-state index in [9.17, 15) is 4.79 Å². The van der Waals surface area contributed by atoms with Crippen LogP contribution in [0, 0.1) is 25.2 Å². The second-order valence-corrected chi connectivity index (χ2v) is 11.5. The maximum Gasteiger partial charge on any atom is 0.248 e. The molecule has 1 amide bonds. The molecule has 3 heterocycles. The molecule has 8 nitrogen and oxygen atoms in total. The number of piperidine rings is 1. The molecule has 3 aromatic rings. The number of amides is 1. The summed E-state index contributed by atoms with van der Waals surface area (Å²) in [5.41, 5.74) is 12.2. The van der Waals surface area contributed by atoms with Gasteiger partial charge < -0.3 is 15.8 Å². The summed E-state index contributed by atoms with van der Waals surface area (Å²) in [6.45, 7) is 6.82. The van der Waals surface area contributed by atoms with Crippen molar-refractivity contribution in [2.24, 2.45) is 5.73 Å². The number of nitriles is 1. The Balaban J connectivity index is 1.27. The third-order valence-corrected chi connectivity index (χ3v) is 8.37. The fourth-order valence-corrected chi connectivity index (χ4v) is 6.25. The summed E-state index contributed by atoms with van der Waals surface area (Å²) in [6.07, 6.45) is 6.16. The first-order chi connectivity index (χ1) is 19.4. The number of nitrogens with zero attached hydrogens (tertiary/aromatic N) is 4. The molecule has 2 aliphatic heterocycles. The van der Waals surface area contributed by atoms with Crippen LogP contribution >= 0.6 is 11.8 Å². The van der Waals surface area contributed by atoms with E-state index in [-0.39, 0.29) is 6.04 Å². The van der Waals surface area contributed by atoms with Crippen molar-refractivity contribution in [1.82, 2.24) is 14.9 Å². The molecule has 1 fully saturated rings. The molecular weight excluding hydrogens is 520 g/mol. The zero-order chi connectivity index (χ0) is 28.1. The van der Waals surface area contributed by atoms with E-state index in [1.165, 1.54) is 11.6 Å². The van der Waals surface area contributed by atoms with Crippen molar-refractivity contribution < 1.29 is 9.53 Å². The van der Waals surface area contributed by atoms with Crippen molar-refractivity contribution >= 4 is 29.7 Å². The first-order valence-electron chi connectivity index (χ1n) is 13.6. The van der Waals surface area contributed by atoms with Crippen LogP contribution < -0.4 is 15.8 Å². The van der Waals surface area contributed by atoms with Crippen LogP contribution in [0.4, 0.5) is 5.95 Å². The van der Waals surface area contributed by atoms with E-state index in [1.807, 2.05) is 55.9 Å². The molecule has 9 heteroatoms. The molecule has 0 radical (unpaired) electrons. The highest BCUT2D eigenvalue weighted by Gasteiger charge is 2.24. The average molecular weight is 555 g/mol. The molecule has 1 aromatic heterocycles. The number of hydrogen-bond acceptors (Lipinski definition) is 8. The van der Waals surface area contributed by atoms with Crippen LogP contribution in [0.3, 0.4) is 0 Å². The summed E-state index contributed by atoms with van der Waals surface area (Å²) >= 11 is 1.88. The summed E-state index contributed by atoms with van der Waals surface area (Å²) < 4.78 is 6.50. The molecule has 0 unspecified atom stereocenters. The lowest BCUT2D eigenvalue weighted by Gasteiger charge is -2.32. The Morgan fingerprint density at radius 3 is 2.60 bits per heavy atom. The van der Waals surface area contributed by atoms with Gasteiger partial charge in [-0.3, -0.25) is 9.69 Å². The predicted octanol–water partition coefficient (Wildman–Crippen LogP) is 5.39. The number of likely N-dealkylation sites (tertiary alicyclic amines) is 1. The van der Waals surface area contributed by atoms with Crippen LogP contribution in [0.15, 0.2) is 42.5 Å². The number of benzene rings is 2. The van der Waals surface area contributed by atoms with Crippen LogP contribution in [0.1, 0.15) is 56.7 Å². The van der Waals surface area contributed by atoms with E-state index in [4.69, 9.17) is 25.7 Å². The zero-order valence-corrected chi connectivity index (χ0v) is 23.8. The molecule has 0 atom stereocenters. The summed E-state index contributed by atoms with van der Waals surface area (Å²) in [6, 6.07) is 13.9. The lowest BCUT2D eigenvalue weighted by molar-refractivity contribution is 0.1000. The van der Waals surface area contributed by atoms with Crippen molar-refractivity contribution in [3.63, 3.8) is 0 Å². The van der Waals surface area contributed by atoms with Gasteiger partial charge in [-0.1, -0.05) is 12.1 Å². The van der Waals surface area contributed by atoms with Crippen LogP contribution in [-0.2, 0) is 18.7 Å². The number of anilines is 1. The van der Waals surface area contributed by atoms with E-state index in [1.54, 1.807) is 18.2 Å². The van der Waals surface area contributed by atoms with E-state index >= 15 is 0 Å². The molecule has 0 bridgehead atoms. The van der Waals surface area contributed by atoms with Gasteiger partial charge in [0.1, 0.15) is 5.75 Å². The second-order valence-electron chi connectivity index (χ2n) is 10.4. The molecule has 1 saturated heterocycles. The van der Waals surface area contributed by atoms with Gasteiger partial charge in [0.25, 0.3) is 0 Å². The third-order valence-electron chi connectivity index (χ3n) is 7.38. The summed E-state index contributed by atoms with van der Waals surface area (Å²) in [7, 11) is 0. The molecule has 0 saturated carbocycles. The van der Waals surface area contributed by atoms with Gasteiger partial charge in [0.05, 0.1) is 11.8 Å². The zero-order valence-electron chi connectivity index (χ0n) is 22.9. The van der Waals surface area contributed by atoms with Gasteiger partial charge in [-0.15, -0.1) is 0 Å². The summed E-state index contributed by atoms with van der Waals surface area (Å²) in [5.74, 6) is 3.54. The number of nitrogens with two attached hydrogens (primary N) is 1. The fourth-order valence-electron chi connectivity index (χ4n) is 5.27. The Hall–Kier alpha value is -3.87. The minimum atomic E-state index is -0.400. The minimum absolute atomic E-state index is 0.284. The van der Waals surface area contributed by atoms with Crippen molar-refractivity contribution in [2.45, 2.75) is 51.4 Å². The van der Waals surface area contributed by atoms with Crippen molar-refractivity contribution in [3.8, 4) is 17.7 Å². The standard InChI is InChI=1S/C31H34N6O2S/c1-20-16-23(4-3-12-32)17-21(2)28(20)39-30-26-19-40-15-11-27(26)35-31(36-30)34-25-9-13-37(14-10-25)18-22-5-7-24(8-6-22)29(33)38/h3-8,16-17,25H,9-11,13-15,18-19H2,1-2H3,(H2,33,38)(H,34,35,36)/b4-3+. The SMILES string of the molecule is Cc1cc(/C=C/C#N)cc(C)c1Oc1nc(NC2CCN(Cc3ccc(C(N)=O)cc3)CC2)nc2c1CSCC2. The van der Waals surface area contributed by atoms with Gasteiger partial charge in [0.2, 0.25) is 17.7 Å². The molecular formula is C31H34N6O2S. The van der Waals surface area contributed by atoms with Gasteiger partial charge in [-0.2, -0.15) is 22.0 Å². The molecule has 206 valence electrons. The Kier molecular flexibility index (Phi) is 8.68. The number of hydrogen-bond donors (Lipinski definition) is 2. The van der Waals surface area contributed by atoms with Gasteiger partial charge in [-0.25, -0.2) is 4.98 Å². The number of ether oxygens (including phenoxy) is 1. The number of aromatic nitrogens is 2. The van der Waals surface area contributed by atoms with Crippen LogP contribution in [0.2, 0.25) is 0 Å². The molecule has 0 spiro atoms. The van der Waals surface area contributed by atoms with Crippen molar-refractivity contribution in [1.29, 1.82) is 5.26 Å². The van der Waals surface area contributed by atoms with E-state index in [0.717, 1.165) is 84.1 Å². The monoisotopic (exact) mass is 554 g/mol. The average Bonchev–Trinajstić information content (AvgIpc) is 2.95. The highest BCUT2D eigenvalue weighted by Crippen LogP contribution is 2.36. The fraction of sp³-hybridized carbons (Fsp3) is 0.355. The van der Waals surface area contributed by atoms with E-state index < -0.39 is 5.91 Å². The normalized spacial score (nSPS) is 15.9. The first kappa shape index (κ1) is 27.7. The molecule has 0 aliphatic carbocycles. The van der Waals surface area contributed by atoms with Crippen LogP contribution in [0.25, 0.3) is 6.08 Å². The number of primary amides is 1. The highest BCUT2D eigenvalue weighted by molar-refractivity contribution is 7.98. The highest BCUT2D eigenvalue weighted by atomic mass is 32.2. The number of allylic oxidation sites excluding steroid dienone is 1. The summed E-state index contributed by atoms with van der Waals surface area (Å²) in [4.78, 5) is 23.5. The molecule has 5 rings (SSSR count). The number of fused-ring (bicyclic) bond motifs is 1. The van der Waals surface area contributed by atoms with Crippen LogP contribution in [0.5, 0.6) is 11.6 Å². The maximum absolute atomic E-state index is 11.3. The van der Waals surface area contributed by atoms with Crippen molar-refractivity contribution in [3.05, 3.63) is 81.5 Å². The largest absolute Gasteiger partial charge is 0.438 e. The number of rotatable bonds is 8. The number of carbonyl (C=O) groups is 1. The van der Waals surface area contributed by atoms with Gasteiger partial charge in [0.15, 0.2) is 0 Å². The Bertz CT molecular complexity index is 1430. The smallest absolute Gasteiger partial charge is 0.248 e.